The summed E-state index contributed by atoms with van der Waals surface area (Å²) >= 11 is 8.76. The molecule has 3 aromatic carbocycles. The number of rotatable bonds is 9. The summed E-state index contributed by atoms with van der Waals surface area (Å²) in [4.78, 5) is 39.1. The summed E-state index contributed by atoms with van der Waals surface area (Å²) in [5.74, 6) is -0.604. The Kier molecular flexibility index (Phi) is 8.73. The quantitative estimate of drug-likeness (QED) is 0.141. The highest BCUT2D eigenvalue weighted by Crippen LogP contribution is 2.23. The third-order valence-electron chi connectivity index (χ3n) is 5.01. The van der Waals surface area contributed by atoms with E-state index in [0.29, 0.717) is 21.8 Å². The molecule has 2 amide bonds. The molecule has 5 nitrogen and oxygen atoms in total. The first-order valence-electron chi connectivity index (χ1n) is 10.9. The third kappa shape index (κ3) is 7.18. The minimum Gasteiger partial charge on any atom is -0.321 e. The molecule has 0 fully saturated rings. The molecule has 8 heteroatoms. The summed E-state index contributed by atoms with van der Waals surface area (Å²) in [6.07, 6.45) is 1.63. The largest absolute Gasteiger partial charge is 0.321 e. The van der Waals surface area contributed by atoms with Crippen molar-refractivity contribution in [1.29, 1.82) is 0 Å². The van der Waals surface area contributed by atoms with Gasteiger partial charge in [0.1, 0.15) is 5.70 Å². The first kappa shape index (κ1) is 25.4. The van der Waals surface area contributed by atoms with Gasteiger partial charge in [-0.2, -0.15) is 11.3 Å². The second kappa shape index (κ2) is 12.4. The maximum atomic E-state index is 13.1. The van der Waals surface area contributed by atoms with Gasteiger partial charge in [0.2, 0.25) is 0 Å². The summed E-state index contributed by atoms with van der Waals surface area (Å²) in [6.45, 7) is 0. The van der Waals surface area contributed by atoms with Gasteiger partial charge in [0.15, 0.2) is 5.78 Å². The number of benzene rings is 3. The van der Waals surface area contributed by atoms with E-state index in [-0.39, 0.29) is 23.1 Å². The topological polar surface area (TPSA) is 75.3 Å². The van der Waals surface area contributed by atoms with E-state index >= 15 is 0 Å². The van der Waals surface area contributed by atoms with E-state index in [2.05, 4.69) is 10.6 Å². The number of amides is 2. The van der Waals surface area contributed by atoms with E-state index in [1.165, 1.54) is 23.1 Å². The number of carbonyl (C=O) groups excluding carboxylic acids is 3. The lowest BCUT2D eigenvalue weighted by molar-refractivity contribution is -0.113. The Hall–Kier alpha value is -3.65. The Morgan fingerprint density at radius 1 is 0.889 bits per heavy atom. The molecule has 1 heterocycles. The molecule has 0 saturated carbocycles. The second-order valence-corrected chi connectivity index (χ2v) is 9.90. The van der Waals surface area contributed by atoms with E-state index in [4.69, 9.17) is 11.6 Å². The monoisotopic (exact) mass is 532 g/mol. The highest BCUT2D eigenvalue weighted by atomic mass is 35.5. The van der Waals surface area contributed by atoms with E-state index in [1.807, 2.05) is 29.0 Å². The molecule has 4 aromatic rings. The fraction of sp³-hybridized carbons (Fsp3) is 0.0357. The lowest BCUT2D eigenvalue weighted by Crippen LogP contribution is -2.30. The number of halogens is 1. The number of thioether (sulfide) groups is 1. The van der Waals surface area contributed by atoms with Crippen LogP contribution in [0.2, 0.25) is 5.02 Å². The average Bonchev–Trinajstić information content (AvgIpc) is 3.41. The number of carbonyl (C=O) groups is 3. The zero-order chi connectivity index (χ0) is 25.3. The summed E-state index contributed by atoms with van der Waals surface area (Å²) in [5, 5.41) is 9.93. The van der Waals surface area contributed by atoms with Crippen LogP contribution in [0.4, 0.5) is 5.69 Å². The number of hydrogen-bond acceptors (Lipinski definition) is 5. The van der Waals surface area contributed by atoms with Crippen LogP contribution in [0.15, 0.2) is 106 Å². The predicted molar refractivity (Wildman–Crippen MR) is 148 cm³/mol. The zero-order valence-electron chi connectivity index (χ0n) is 18.9. The summed E-state index contributed by atoms with van der Waals surface area (Å²) in [5.41, 5.74) is 2.52. The number of anilines is 1. The van der Waals surface area contributed by atoms with E-state index < -0.39 is 5.91 Å². The first-order valence-corrected chi connectivity index (χ1v) is 13.2. The van der Waals surface area contributed by atoms with Gasteiger partial charge in [-0.1, -0.05) is 35.9 Å². The maximum Gasteiger partial charge on any atom is 0.272 e. The molecule has 0 aliphatic heterocycles. The highest BCUT2D eigenvalue weighted by Gasteiger charge is 2.15. The molecule has 0 bridgehead atoms. The number of thiophene rings is 1. The Morgan fingerprint density at radius 2 is 1.67 bits per heavy atom. The fourth-order valence-corrected chi connectivity index (χ4v) is 4.79. The molecule has 0 spiro atoms. The van der Waals surface area contributed by atoms with E-state index in [1.54, 1.807) is 72.8 Å². The van der Waals surface area contributed by atoms with Crippen LogP contribution in [-0.4, -0.2) is 23.4 Å². The number of Topliss-reactive ketones (excluding diaryl/α,β-unsaturated/α-hetero) is 1. The van der Waals surface area contributed by atoms with Gasteiger partial charge in [-0.3, -0.25) is 14.4 Å². The SMILES string of the molecule is O=C(Nc1cccc(SCC(=O)c2ccc(Cl)cc2)c1)/C(=C/c1ccsc1)NC(=O)c1ccccc1. The lowest BCUT2D eigenvalue weighted by atomic mass is 10.1. The molecule has 0 atom stereocenters. The molecule has 2 N–H and O–H groups in total. The van der Waals surface area contributed by atoms with Crippen LogP contribution in [-0.2, 0) is 4.79 Å². The van der Waals surface area contributed by atoms with Gasteiger partial charge in [0, 0.05) is 26.7 Å². The van der Waals surface area contributed by atoms with Crippen LogP contribution in [0.1, 0.15) is 26.3 Å². The van der Waals surface area contributed by atoms with Crippen molar-refractivity contribution in [2.45, 2.75) is 4.90 Å². The standard InChI is InChI=1S/C28H21ClN2O3S2/c29-22-11-9-20(10-12-22)26(32)18-36-24-8-4-7-23(16-24)30-28(34)25(15-19-13-14-35-17-19)31-27(33)21-5-2-1-3-6-21/h1-17H,18H2,(H,30,34)(H,31,33)/b25-15-. The Balaban J connectivity index is 1.44. The Labute approximate surface area is 222 Å². The van der Waals surface area contributed by atoms with Crippen LogP contribution in [0, 0.1) is 0 Å². The summed E-state index contributed by atoms with van der Waals surface area (Å²) < 4.78 is 0. The van der Waals surface area contributed by atoms with Crippen LogP contribution in [0.3, 0.4) is 0 Å². The van der Waals surface area contributed by atoms with Gasteiger partial charge in [-0.05, 0) is 83.1 Å². The smallest absolute Gasteiger partial charge is 0.272 e. The number of ketones is 1. The zero-order valence-corrected chi connectivity index (χ0v) is 21.3. The van der Waals surface area contributed by atoms with Crippen molar-refractivity contribution in [3.8, 4) is 0 Å². The summed E-state index contributed by atoms with van der Waals surface area (Å²) in [7, 11) is 0. The normalized spacial score (nSPS) is 11.1. The molecular formula is C28H21ClN2O3S2. The Morgan fingerprint density at radius 3 is 2.39 bits per heavy atom. The minimum absolute atomic E-state index is 0.0179. The lowest BCUT2D eigenvalue weighted by Gasteiger charge is -2.12. The molecule has 180 valence electrons. The van der Waals surface area contributed by atoms with Gasteiger partial charge >= 0.3 is 0 Å². The fourth-order valence-electron chi connectivity index (χ4n) is 3.20. The average molecular weight is 533 g/mol. The Bertz CT molecular complexity index is 1390. The van der Waals surface area contributed by atoms with Crippen molar-refractivity contribution in [2.24, 2.45) is 0 Å². The number of hydrogen-bond donors (Lipinski definition) is 2. The van der Waals surface area contributed by atoms with Gasteiger partial charge in [-0.25, -0.2) is 0 Å². The first-order chi connectivity index (χ1) is 17.5. The highest BCUT2D eigenvalue weighted by molar-refractivity contribution is 8.00. The predicted octanol–water partition coefficient (Wildman–Crippen LogP) is 6.79. The van der Waals surface area contributed by atoms with Gasteiger partial charge in [-0.15, -0.1) is 11.8 Å². The molecule has 0 unspecified atom stereocenters. The number of nitrogens with one attached hydrogen (secondary N) is 2. The van der Waals surface area contributed by atoms with Crippen LogP contribution in [0.5, 0.6) is 0 Å². The molecule has 0 aliphatic rings. The van der Waals surface area contributed by atoms with E-state index in [0.717, 1.165) is 10.5 Å². The molecule has 0 saturated heterocycles. The maximum absolute atomic E-state index is 13.1. The third-order valence-corrected chi connectivity index (χ3v) is 6.96. The van der Waals surface area contributed by atoms with Crippen molar-refractivity contribution in [1.82, 2.24) is 5.32 Å². The molecule has 4 rings (SSSR count). The van der Waals surface area contributed by atoms with Crippen molar-refractivity contribution >= 4 is 64.1 Å². The van der Waals surface area contributed by atoms with Crippen LogP contribution >= 0.6 is 34.7 Å². The van der Waals surface area contributed by atoms with Crippen LogP contribution < -0.4 is 10.6 Å². The van der Waals surface area contributed by atoms with Crippen LogP contribution in [0.25, 0.3) is 6.08 Å². The molecular weight excluding hydrogens is 512 g/mol. The van der Waals surface area contributed by atoms with Crippen molar-refractivity contribution in [3.05, 3.63) is 123 Å². The molecule has 36 heavy (non-hydrogen) atoms. The second-order valence-electron chi connectivity index (χ2n) is 7.64. The van der Waals surface area contributed by atoms with Gasteiger partial charge in [0.05, 0.1) is 5.75 Å². The molecule has 0 radical (unpaired) electrons. The van der Waals surface area contributed by atoms with Crippen molar-refractivity contribution in [2.75, 3.05) is 11.1 Å². The van der Waals surface area contributed by atoms with E-state index in [9.17, 15) is 14.4 Å². The molecule has 0 aliphatic carbocycles. The molecule has 1 aromatic heterocycles. The summed E-state index contributed by atoms with van der Waals surface area (Å²) in [6, 6.07) is 24.6. The van der Waals surface area contributed by atoms with Crippen molar-refractivity contribution < 1.29 is 14.4 Å². The minimum atomic E-state index is -0.454. The van der Waals surface area contributed by atoms with Gasteiger partial charge in [0.25, 0.3) is 11.8 Å². The van der Waals surface area contributed by atoms with Gasteiger partial charge < -0.3 is 10.6 Å². The van der Waals surface area contributed by atoms with Crippen molar-refractivity contribution in [3.63, 3.8) is 0 Å².